The Balaban J connectivity index is 1.43. The molecule has 5 rings (SSSR count). The second-order valence-corrected chi connectivity index (χ2v) is 9.44. The van der Waals surface area contributed by atoms with Gasteiger partial charge in [-0.1, -0.05) is 0 Å². The van der Waals surface area contributed by atoms with Crippen molar-refractivity contribution in [3.05, 3.63) is 46.5 Å². The van der Waals surface area contributed by atoms with Gasteiger partial charge in [0.15, 0.2) is 5.65 Å². The van der Waals surface area contributed by atoms with E-state index in [0.717, 1.165) is 38.5 Å². The summed E-state index contributed by atoms with van der Waals surface area (Å²) in [6, 6.07) is 5.43. The highest BCUT2D eigenvalue weighted by Crippen LogP contribution is 2.29. The molecule has 1 amide bonds. The lowest BCUT2D eigenvalue weighted by molar-refractivity contribution is 0.00732. The van der Waals surface area contributed by atoms with Gasteiger partial charge in [0.25, 0.3) is 11.5 Å². The number of aromatic nitrogens is 4. The summed E-state index contributed by atoms with van der Waals surface area (Å²) in [4.78, 5) is 31.0. The highest BCUT2D eigenvalue weighted by molar-refractivity contribution is 6.00. The summed E-state index contributed by atoms with van der Waals surface area (Å²) < 4.78 is 14.3. The number of rotatable bonds is 8. The van der Waals surface area contributed by atoms with Crippen molar-refractivity contribution in [3.8, 4) is 0 Å². The predicted molar refractivity (Wildman–Crippen MR) is 136 cm³/mol. The van der Waals surface area contributed by atoms with Gasteiger partial charge in [-0.25, -0.2) is 4.98 Å². The maximum Gasteiger partial charge on any atom is 0.274 e. The van der Waals surface area contributed by atoms with E-state index in [2.05, 4.69) is 26.0 Å². The van der Waals surface area contributed by atoms with Crippen molar-refractivity contribution in [2.24, 2.45) is 0 Å². The van der Waals surface area contributed by atoms with Gasteiger partial charge in [0.2, 0.25) is 0 Å². The number of nitrogens with one attached hydrogen (secondary N) is 3. The summed E-state index contributed by atoms with van der Waals surface area (Å²) >= 11 is 0. The van der Waals surface area contributed by atoms with E-state index in [9.17, 15) is 9.59 Å². The van der Waals surface area contributed by atoms with Crippen molar-refractivity contribution in [2.75, 3.05) is 31.9 Å². The van der Waals surface area contributed by atoms with E-state index in [1.165, 1.54) is 6.20 Å². The molecule has 0 spiro atoms. The second-order valence-electron chi connectivity index (χ2n) is 9.44. The van der Waals surface area contributed by atoms with Crippen molar-refractivity contribution in [3.63, 3.8) is 0 Å². The minimum Gasteiger partial charge on any atom is -0.381 e. The van der Waals surface area contributed by atoms with Gasteiger partial charge in [-0.15, -0.1) is 0 Å². The Bertz CT molecular complexity index is 1300. The molecule has 0 bridgehead atoms. The van der Waals surface area contributed by atoms with Gasteiger partial charge in [-0.3, -0.25) is 9.59 Å². The molecule has 192 valence electrons. The molecule has 0 aliphatic heterocycles. The third-order valence-electron chi connectivity index (χ3n) is 7.37. The second kappa shape index (κ2) is 10.3. The smallest absolute Gasteiger partial charge is 0.274 e. The molecule has 3 heterocycles. The number of amides is 1. The molecule has 11 nitrogen and oxygen atoms in total. The zero-order chi connectivity index (χ0) is 25.2. The molecule has 36 heavy (non-hydrogen) atoms. The summed E-state index contributed by atoms with van der Waals surface area (Å²) in [6.45, 7) is 0. The molecule has 3 N–H and O–H groups in total. The molecule has 11 heteroatoms. The molecule has 2 aliphatic rings. The molecule has 3 aromatic heterocycles. The number of methoxy groups -OCH3 is 2. The van der Waals surface area contributed by atoms with Crippen molar-refractivity contribution in [2.45, 2.75) is 62.8 Å². The Morgan fingerprint density at radius 1 is 1.17 bits per heavy atom. The lowest BCUT2D eigenvalue weighted by Crippen LogP contribution is -2.51. The topological polar surface area (TPSA) is 124 Å². The Morgan fingerprint density at radius 3 is 2.75 bits per heavy atom. The fraction of sp³-hybridized carbons (Fsp3) is 0.520. The summed E-state index contributed by atoms with van der Waals surface area (Å²) in [5.74, 6) is 0.815. The standard InChI is InChI=1S/C25H33N7O4/c1-26-22-13-21(28-19-8-5-11-31(25(19)34)15-6-4-7-16(12-15)35-2)30-23-17(14-27-32(22)23)24(33)29-18-9-10-20(18)36-3/h5,8,11,13-16,18,20,26H,4,6-7,9-10,12H2,1-3H3,(H,28,30)(H,29,33)/t15-,16-,18+,20+/m0/s1. The van der Waals surface area contributed by atoms with E-state index in [4.69, 9.17) is 9.47 Å². The van der Waals surface area contributed by atoms with Crippen molar-refractivity contribution in [1.82, 2.24) is 24.5 Å². The molecule has 0 radical (unpaired) electrons. The van der Waals surface area contributed by atoms with Gasteiger partial charge in [0, 0.05) is 39.6 Å². The van der Waals surface area contributed by atoms with Crippen LogP contribution in [0.1, 0.15) is 54.9 Å². The van der Waals surface area contributed by atoms with Crippen LogP contribution in [0.25, 0.3) is 5.65 Å². The van der Waals surface area contributed by atoms with Crippen LogP contribution < -0.4 is 21.5 Å². The molecule has 2 fully saturated rings. The first-order chi connectivity index (χ1) is 17.5. The normalized spacial score (nSPS) is 23.8. The van der Waals surface area contributed by atoms with Gasteiger partial charge in [-0.05, 0) is 50.7 Å². The number of ether oxygens (including phenoxy) is 2. The van der Waals surface area contributed by atoms with Gasteiger partial charge in [-0.2, -0.15) is 9.61 Å². The molecular formula is C25H33N7O4. The summed E-state index contributed by atoms with van der Waals surface area (Å²) in [7, 11) is 5.14. The average molecular weight is 496 g/mol. The average Bonchev–Trinajstić information content (AvgIpc) is 3.31. The monoisotopic (exact) mass is 495 g/mol. The van der Waals surface area contributed by atoms with Gasteiger partial charge < -0.3 is 30.0 Å². The van der Waals surface area contributed by atoms with E-state index in [1.807, 2.05) is 12.3 Å². The predicted octanol–water partition coefficient (Wildman–Crippen LogP) is 2.71. The van der Waals surface area contributed by atoms with Crippen LogP contribution in [0.5, 0.6) is 0 Å². The summed E-state index contributed by atoms with van der Waals surface area (Å²) in [5.41, 5.74) is 1.05. The van der Waals surface area contributed by atoms with E-state index in [0.29, 0.717) is 28.5 Å². The van der Waals surface area contributed by atoms with E-state index >= 15 is 0 Å². The van der Waals surface area contributed by atoms with Crippen LogP contribution in [0.15, 0.2) is 35.4 Å². The molecule has 3 aromatic rings. The number of carbonyl (C=O) groups is 1. The molecule has 0 aromatic carbocycles. The molecule has 2 saturated carbocycles. The van der Waals surface area contributed by atoms with Crippen LogP contribution in [-0.2, 0) is 9.47 Å². The number of nitrogens with zero attached hydrogens (tertiary/aromatic N) is 4. The lowest BCUT2D eigenvalue weighted by Gasteiger charge is -2.35. The van der Waals surface area contributed by atoms with Crippen LogP contribution in [0.4, 0.5) is 17.3 Å². The molecule has 0 saturated heterocycles. The molecular weight excluding hydrogens is 462 g/mol. The van der Waals surface area contributed by atoms with Crippen LogP contribution in [-0.4, -0.2) is 64.6 Å². The summed E-state index contributed by atoms with van der Waals surface area (Å²) in [6.07, 6.45) is 9.12. The SMILES string of the molecule is CNc1cc(Nc2cccn([C@H]3CCC[C@H](OC)C3)c2=O)nc2c(C(=O)N[C@@H]3CC[C@H]3OC)cnn12. The lowest BCUT2D eigenvalue weighted by atomic mass is 9.89. The highest BCUT2D eigenvalue weighted by Gasteiger charge is 2.33. The number of hydrogen-bond donors (Lipinski definition) is 3. The third-order valence-corrected chi connectivity index (χ3v) is 7.37. The van der Waals surface area contributed by atoms with Gasteiger partial charge >= 0.3 is 0 Å². The largest absolute Gasteiger partial charge is 0.381 e. The zero-order valence-electron chi connectivity index (χ0n) is 20.9. The van der Waals surface area contributed by atoms with E-state index in [-0.39, 0.29) is 35.8 Å². The number of carbonyl (C=O) groups excluding carboxylic acids is 1. The van der Waals surface area contributed by atoms with Crippen molar-refractivity contribution in [1.29, 1.82) is 0 Å². The van der Waals surface area contributed by atoms with Crippen molar-refractivity contribution < 1.29 is 14.3 Å². The van der Waals surface area contributed by atoms with Crippen LogP contribution in [0.2, 0.25) is 0 Å². The van der Waals surface area contributed by atoms with Crippen LogP contribution >= 0.6 is 0 Å². The van der Waals surface area contributed by atoms with Crippen LogP contribution in [0, 0.1) is 0 Å². The Morgan fingerprint density at radius 2 is 2.03 bits per heavy atom. The zero-order valence-corrected chi connectivity index (χ0v) is 20.9. The minimum atomic E-state index is -0.254. The maximum absolute atomic E-state index is 13.4. The van der Waals surface area contributed by atoms with E-state index < -0.39 is 0 Å². The first-order valence-electron chi connectivity index (χ1n) is 12.4. The van der Waals surface area contributed by atoms with Crippen molar-refractivity contribution >= 4 is 28.9 Å². The Labute approximate surface area is 209 Å². The van der Waals surface area contributed by atoms with E-state index in [1.54, 1.807) is 42.5 Å². The highest BCUT2D eigenvalue weighted by atomic mass is 16.5. The summed E-state index contributed by atoms with van der Waals surface area (Å²) in [5, 5.41) is 13.6. The van der Waals surface area contributed by atoms with Gasteiger partial charge in [0.05, 0.1) is 24.4 Å². The third kappa shape index (κ3) is 4.56. The Kier molecular flexibility index (Phi) is 6.92. The van der Waals surface area contributed by atoms with Gasteiger partial charge in [0.1, 0.15) is 22.9 Å². The molecule has 4 atom stereocenters. The maximum atomic E-state index is 13.4. The Hall–Kier alpha value is -3.44. The minimum absolute atomic E-state index is 0.0252. The fourth-order valence-corrected chi connectivity index (χ4v) is 5.15. The molecule has 0 unspecified atom stereocenters. The number of anilines is 3. The fourth-order valence-electron chi connectivity index (χ4n) is 5.15. The number of hydrogen-bond acceptors (Lipinski definition) is 8. The number of pyridine rings is 1. The quantitative estimate of drug-likeness (QED) is 0.436. The first-order valence-corrected chi connectivity index (χ1v) is 12.4. The first kappa shape index (κ1) is 24.3. The number of fused-ring (bicyclic) bond motifs is 1. The van der Waals surface area contributed by atoms with Crippen LogP contribution in [0.3, 0.4) is 0 Å². The molecule has 2 aliphatic carbocycles.